The second-order valence-electron chi connectivity index (χ2n) is 1.40. The molecule has 0 saturated carbocycles. The molecule has 0 bridgehead atoms. The largest absolute Gasteiger partial charge is 0.351 e. The van der Waals surface area contributed by atoms with Crippen molar-refractivity contribution < 1.29 is 10.5 Å². The Kier molecular flexibility index (Phi) is 1.41. The average Bonchev–Trinajstić information content (AvgIpc) is 2.12. The molecular weight excluding hydrogens is 122 g/mol. The Morgan fingerprint density at radius 1 is 1.75 bits per heavy atom. The normalized spacial score (nSPS) is 9.12. The Labute approximate surface area is 50.9 Å². The maximum absolute atomic E-state index is 10.4. The molecule has 1 amide bonds. The summed E-state index contributed by atoms with van der Waals surface area (Å²) in [5.74, 6) is -0.0972. The van der Waals surface area contributed by atoms with Gasteiger partial charge in [0.2, 0.25) is 0 Å². The fourth-order valence-corrected chi connectivity index (χ4v) is 1.03. The molecular formula is C5H6NOS+. The molecule has 1 rings (SSSR count). The molecule has 2 nitrogen and oxygen atoms in total. The minimum atomic E-state index is -0.0972. The SMILES string of the molecule is [NH3+]C(=O)c1cccs1. The standard InChI is InChI=1S/C5H5NOS/c6-5(7)4-2-1-3-8-4/h1-3H,(H2,6,7)/p+1. The first-order chi connectivity index (χ1) is 3.80. The maximum atomic E-state index is 10.4. The number of carbonyl (C=O) groups excluding carboxylic acids is 1. The van der Waals surface area contributed by atoms with Gasteiger partial charge in [-0.15, -0.1) is 11.3 Å². The second-order valence-corrected chi connectivity index (χ2v) is 2.35. The van der Waals surface area contributed by atoms with Crippen LogP contribution in [0.4, 0.5) is 0 Å². The molecule has 0 aliphatic carbocycles. The molecule has 0 unspecified atom stereocenters. The zero-order chi connectivity index (χ0) is 5.98. The Balaban J connectivity index is 2.93. The van der Waals surface area contributed by atoms with Crippen molar-refractivity contribution in [2.75, 3.05) is 0 Å². The molecule has 0 spiro atoms. The summed E-state index contributed by atoms with van der Waals surface area (Å²) in [6.45, 7) is 0. The molecule has 1 heterocycles. The fraction of sp³-hybridized carbons (Fsp3) is 0. The van der Waals surface area contributed by atoms with Gasteiger partial charge in [0.15, 0.2) is 0 Å². The van der Waals surface area contributed by atoms with Crippen LogP contribution in [0.2, 0.25) is 0 Å². The number of thiophene rings is 1. The number of hydrogen-bond acceptors (Lipinski definition) is 2. The predicted molar refractivity (Wildman–Crippen MR) is 31.5 cm³/mol. The predicted octanol–water partition coefficient (Wildman–Crippen LogP) is 0.130. The number of carbonyl (C=O) groups is 1. The van der Waals surface area contributed by atoms with E-state index in [1.165, 1.54) is 11.3 Å². The van der Waals surface area contributed by atoms with Crippen LogP contribution in [0.5, 0.6) is 0 Å². The van der Waals surface area contributed by atoms with E-state index in [2.05, 4.69) is 5.73 Å². The molecule has 1 aromatic heterocycles. The molecule has 42 valence electrons. The molecule has 0 fully saturated rings. The summed E-state index contributed by atoms with van der Waals surface area (Å²) < 4.78 is 0. The van der Waals surface area contributed by atoms with Crippen molar-refractivity contribution in [3.63, 3.8) is 0 Å². The third-order valence-electron chi connectivity index (χ3n) is 0.796. The lowest BCUT2D eigenvalue weighted by atomic mass is 10.5. The van der Waals surface area contributed by atoms with Crippen LogP contribution in [0.15, 0.2) is 17.5 Å². The molecule has 0 aromatic carbocycles. The minimum absolute atomic E-state index is 0.0972. The van der Waals surface area contributed by atoms with Gasteiger partial charge < -0.3 is 0 Å². The van der Waals surface area contributed by atoms with Crippen LogP contribution < -0.4 is 5.73 Å². The number of hydrogen-bond donors (Lipinski definition) is 1. The zero-order valence-electron chi connectivity index (χ0n) is 4.26. The van der Waals surface area contributed by atoms with Crippen LogP contribution in [0.1, 0.15) is 9.67 Å². The highest BCUT2D eigenvalue weighted by molar-refractivity contribution is 7.11. The molecule has 0 aliphatic heterocycles. The van der Waals surface area contributed by atoms with E-state index in [-0.39, 0.29) is 5.91 Å². The summed E-state index contributed by atoms with van der Waals surface area (Å²) >= 11 is 1.42. The Morgan fingerprint density at radius 2 is 2.50 bits per heavy atom. The monoisotopic (exact) mass is 128 g/mol. The second kappa shape index (κ2) is 2.07. The summed E-state index contributed by atoms with van der Waals surface area (Å²) in [5.41, 5.74) is 3.25. The molecule has 1 aromatic rings. The first-order valence-corrected chi connectivity index (χ1v) is 3.08. The average molecular weight is 128 g/mol. The van der Waals surface area contributed by atoms with Crippen molar-refractivity contribution in [3.05, 3.63) is 22.4 Å². The molecule has 0 radical (unpaired) electrons. The molecule has 0 atom stereocenters. The first kappa shape index (κ1) is 5.47. The fourth-order valence-electron chi connectivity index (χ4n) is 0.437. The third kappa shape index (κ3) is 0.936. The lowest BCUT2D eigenvalue weighted by Crippen LogP contribution is -2.56. The molecule has 3 heteroatoms. The van der Waals surface area contributed by atoms with E-state index >= 15 is 0 Å². The van der Waals surface area contributed by atoms with E-state index in [9.17, 15) is 4.79 Å². The third-order valence-corrected chi connectivity index (χ3v) is 1.71. The lowest BCUT2D eigenvalue weighted by Gasteiger charge is -1.75. The van der Waals surface area contributed by atoms with E-state index in [0.717, 1.165) is 4.88 Å². The highest BCUT2D eigenvalue weighted by atomic mass is 32.1. The highest BCUT2D eigenvalue weighted by Crippen LogP contribution is 2.04. The topological polar surface area (TPSA) is 44.7 Å². The number of quaternary nitrogens is 1. The van der Waals surface area contributed by atoms with E-state index in [4.69, 9.17) is 0 Å². The molecule has 8 heavy (non-hydrogen) atoms. The van der Waals surface area contributed by atoms with E-state index in [1.54, 1.807) is 6.07 Å². The van der Waals surface area contributed by atoms with Gasteiger partial charge in [0.05, 0.1) is 0 Å². The highest BCUT2D eigenvalue weighted by Gasteiger charge is 2.01. The van der Waals surface area contributed by atoms with E-state index in [1.807, 2.05) is 11.4 Å². The molecule has 3 N–H and O–H groups in total. The molecule has 0 saturated heterocycles. The van der Waals surface area contributed by atoms with Crippen molar-refractivity contribution in [2.24, 2.45) is 0 Å². The summed E-state index contributed by atoms with van der Waals surface area (Å²) in [7, 11) is 0. The minimum Gasteiger partial charge on any atom is -0.289 e. The van der Waals surface area contributed by atoms with Crippen LogP contribution in [0, 0.1) is 0 Å². The summed E-state index contributed by atoms with van der Waals surface area (Å²) in [6.07, 6.45) is 0. The van der Waals surface area contributed by atoms with Crippen LogP contribution >= 0.6 is 11.3 Å². The van der Waals surface area contributed by atoms with Gasteiger partial charge in [0, 0.05) is 0 Å². The van der Waals surface area contributed by atoms with Crippen molar-refractivity contribution >= 4 is 17.2 Å². The van der Waals surface area contributed by atoms with Crippen LogP contribution in [-0.2, 0) is 0 Å². The van der Waals surface area contributed by atoms with Crippen LogP contribution in [-0.4, -0.2) is 5.91 Å². The quantitative estimate of drug-likeness (QED) is 0.574. The van der Waals surface area contributed by atoms with E-state index < -0.39 is 0 Å². The van der Waals surface area contributed by atoms with Crippen LogP contribution in [0.25, 0.3) is 0 Å². The van der Waals surface area contributed by atoms with Gasteiger partial charge in [0.1, 0.15) is 4.88 Å². The van der Waals surface area contributed by atoms with Gasteiger partial charge in [0.25, 0.3) is 0 Å². The van der Waals surface area contributed by atoms with Crippen molar-refractivity contribution in [2.45, 2.75) is 0 Å². The van der Waals surface area contributed by atoms with Gasteiger partial charge in [-0.2, -0.15) is 0 Å². The summed E-state index contributed by atoms with van der Waals surface area (Å²) in [5, 5.41) is 1.86. The van der Waals surface area contributed by atoms with Crippen molar-refractivity contribution in [1.82, 2.24) is 0 Å². The lowest BCUT2D eigenvalue weighted by molar-refractivity contribution is -0.254. The Bertz CT molecular complexity index is 180. The van der Waals surface area contributed by atoms with Crippen molar-refractivity contribution in [1.29, 1.82) is 0 Å². The van der Waals surface area contributed by atoms with Gasteiger partial charge in [-0.25, -0.2) is 4.79 Å². The number of rotatable bonds is 1. The van der Waals surface area contributed by atoms with E-state index in [0.29, 0.717) is 0 Å². The summed E-state index contributed by atoms with van der Waals surface area (Å²) in [6, 6.07) is 3.60. The smallest absolute Gasteiger partial charge is 0.289 e. The Morgan fingerprint density at radius 3 is 2.75 bits per heavy atom. The molecule has 0 aliphatic rings. The summed E-state index contributed by atoms with van der Waals surface area (Å²) in [4.78, 5) is 11.1. The van der Waals surface area contributed by atoms with Gasteiger partial charge in [-0.05, 0) is 11.4 Å². The maximum Gasteiger partial charge on any atom is 0.351 e. The zero-order valence-corrected chi connectivity index (χ0v) is 5.07. The van der Waals surface area contributed by atoms with Gasteiger partial charge in [-0.1, -0.05) is 6.07 Å². The van der Waals surface area contributed by atoms with Crippen molar-refractivity contribution in [3.8, 4) is 0 Å². The van der Waals surface area contributed by atoms with Crippen LogP contribution in [0.3, 0.4) is 0 Å². The Hall–Kier alpha value is -0.670. The first-order valence-electron chi connectivity index (χ1n) is 2.20. The van der Waals surface area contributed by atoms with Gasteiger partial charge >= 0.3 is 5.91 Å². The van der Waals surface area contributed by atoms with Gasteiger partial charge in [-0.3, -0.25) is 5.73 Å². The number of amides is 1.